The number of rotatable bonds is 8. The molecule has 0 aliphatic carbocycles. The summed E-state index contributed by atoms with van der Waals surface area (Å²) in [5.74, 6) is -0.412. The zero-order chi connectivity index (χ0) is 20.6. The van der Waals surface area contributed by atoms with Gasteiger partial charge in [-0.15, -0.1) is 0 Å². The molecule has 0 spiro atoms. The molecule has 7 heteroatoms. The Morgan fingerprint density at radius 1 is 1.14 bits per heavy atom. The normalized spacial score (nSPS) is 10.9. The Morgan fingerprint density at radius 3 is 2.45 bits per heavy atom. The van der Waals surface area contributed by atoms with Gasteiger partial charge in [0.05, 0.1) is 19.0 Å². The van der Waals surface area contributed by atoms with Crippen LogP contribution in [0.25, 0.3) is 11.3 Å². The van der Waals surface area contributed by atoms with Gasteiger partial charge in [0, 0.05) is 24.3 Å². The number of nitrogens with zero attached hydrogens (tertiary/aromatic N) is 3. The summed E-state index contributed by atoms with van der Waals surface area (Å²) in [6.45, 7) is 6.23. The summed E-state index contributed by atoms with van der Waals surface area (Å²) in [6.07, 6.45) is 1.73. The van der Waals surface area contributed by atoms with Crippen LogP contribution in [0.2, 0.25) is 0 Å². The number of hydrogen-bond donors (Lipinski definition) is 1. The molecule has 2 aromatic carbocycles. The lowest BCUT2D eigenvalue weighted by Gasteiger charge is -2.20. The molecule has 0 aliphatic rings. The van der Waals surface area contributed by atoms with E-state index in [0.29, 0.717) is 15.7 Å². The van der Waals surface area contributed by atoms with Crippen LogP contribution in [0, 0.1) is 0 Å². The van der Waals surface area contributed by atoms with Gasteiger partial charge in [0.15, 0.2) is 0 Å². The predicted molar refractivity (Wildman–Crippen MR) is 120 cm³/mol. The van der Waals surface area contributed by atoms with Gasteiger partial charge < -0.3 is 9.64 Å². The smallest absolute Gasteiger partial charge is 0.350 e. The quantitative estimate of drug-likeness (QED) is 0.327. The number of thiazole rings is 1. The highest BCUT2D eigenvalue weighted by molar-refractivity contribution is 7.17. The van der Waals surface area contributed by atoms with Crippen molar-refractivity contribution >= 4 is 34.3 Å². The summed E-state index contributed by atoms with van der Waals surface area (Å²) >= 11 is 1.22. The fraction of sp³-hybridized carbons (Fsp3) is 0.227. The van der Waals surface area contributed by atoms with E-state index in [1.54, 1.807) is 6.21 Å². The molecule has 0 aliphatic heterocycles. The summed E-state index contributed by atoms with van der Waals surface area (Å²) in [5.41, 5.74) is 6.53. The van der Waals surface area contributed by atoms with Crippen LogP contribution in [-0.2, 0) is 4.74 Å². The van der Waals surface area contributed by atoms with Gasteiger partial charge >= 0.3 is 5.97 Å². The maximum Gasteiger partial charge on any atom is 0.350 e. The van der Waals surface area contributed by atoms with Crippen molar-refractivity contribution in [2.24, 2.45) is 5.10 Å². The second kappa shape index (κ2) is 9.84. The molecule has 150 valence electrons. The van der Waals surface area contributed by atoms with E-state index in [1.165, 1.54) is 24.1 Å². The Bertz CT molecular complexity index is 964. The third kappa shape index (κ3) is 5.00. The molecule has 0 saturated heterocycles. The van der Waals surface area contributed by atoms with Gasteiger partial charge in [0.1, 0.15) is 4.88 Å². The fourth-order valence-corrected chi connectivity index (χ4v) is 3.77. The third-order valence-electron chi connectivity index (χ3n) is 4.44. The Kier molecular flexibility index (Phi) is 6.97. The molecule has 0 atom stereocenters. The second-order valence-corrected chi connectivity index (χ2v) is 7.19. The number of hydrogen-bond acceptors (Lipinski definition) is 7. The van der Waals surface area contributed by atoms with Gasteiger partial charge in [-0.3, -0.25) is 5.43 Å². The van der Waals surface area contributed by atoms with Gasteiger partial charge in [0.2, 0.25) is 5.13 Å². The van der Waals surface area contributed by atoms with Gasteiger partial charge in [-0.25, -0.2) is 9.78 Å². The maximum atomic E-state index is 12.1. The van der Waals surface area contributed by atoms with Crippen molar-refractivity contribution in [1.29, 1.82) is 0 Å². The van der Waals surface area contributed by atoms with E-state index >= 15 is 0 Å². The van der Waals surface area contributed by atoms with E-state index in [1.807, 2.05) is 42.5 Å². The summed E-state index contributed by atoms with van der Waals surface area (Å²) < 4.78 is 4.90. The molecule has 1 N–H and O–H groups in total. The molecular weight excluding hydrogens is 384 g/mol. The molecule has 0 saturated carbocycles. The van der Waals surface area contributed by atoms with E-state index in [2.05, 4.69) is 46.4 Å². The predicted octanol–water partition coefficient (Wildman–Crippen LogP) is 4.89. The van der Waals surface area contributed by atoms with Crippen LogP contribution in [-0.4, -0.2) is 37.4 Å². The molecule has 3 aromatic rings. The molecule has 1 heterocycles. The number of ether oxygens (including phenoxy) is 1. The Hall–Kier alpha value is -3.19. The van der Waals surface area contributed by atoms with Crippen molar-refractivity contribution in [3.05, 3.63) is 65.0 Å². The van der Waals surface area contributed by atoms with Crippen LogP contribution in [0.15, 0.2) is 59.7 Å². The van der Waals surface area contributed by atoms with E-state index in [-0.39, 0.29) is 0 Å². The maximum absolute atomic E-state index is 12.1. The first-order valence-electron chi connectivity index (χ1n) is 9.44. The van der Waals surface area contributed by atoms with Gasteiger partial charge in [0.25, 0.3) is 0 Å². The molecule has 0 bridgehead atoms. The summed E-state index contributed by atoms with van der Waals surface area (Å²) in [6, 6.07) is 17.8. The Labute approximate surface area is 174 Å². The highest BCUT2D eigenvalue weighted by Gasteiger charge is 2.19. The minimum Gasteiger partial charge on any atom is -0.465 e. The second-order valence-electron chi connectivity index (χ2n) is 6.19. The van der Waals surface area contributed by atoms with Crippen molar-refractivity contribution < 1.29 is 9.53 Å². The van der Waals surface area contributed by atoms with Crippen molar-refractivity contribution in [3.8, 4) is 11.3 Å². The first kappa shape index (κ1) is 20.5. The van der Waals surface area contributed by atoms with Crippen molar-refractivity contribution in [1.82, 2.24) is 4.98 Å². The average Bonchev–Trinajstić information content (AvgIpc) is 3.20. The molecular formula is C22H24N4O2S. The van der Waals surface area contributed by atoms with E-state index < -0.39 is 5.97 Å². The number of carbonyl (C=O) groups is 1. The number of benzene rings is 2. The molecule has 29 heavy (non-hydrogen) atoms. The number of nitrogens with one attached hydrogen (secondary N) is 1. The fourth-order valence-electron chi connectivity index (χ4n) is 2.91. The standard InChI is InChI=1S/C22H24N4O2S/c1-4-26(5-2)18-13-11-16(12-14-18)15-23-25-22-24-19(17-9-7-6-8-10-17)20(29-22)21(27)28-3/h6-15H,4-5H2,1-3H3,(H,24,25)/b23-15-. The molecule has 0 radical (unpaired) electrons. The van der Waals surface area contributed by atoms with Crippen LogP contribution >= 0.6 is 11.3 Å². The SMILES string of the molecule is CCN(CC)c1ccc(/C=N\Nc2nc(-c3ccccc3)c(C(=O)OC)s2)cc1. The van der Waals surface area contributed by atoms with Crippen LogP contribution < -0.4 is 10.3 Å². The molecule has 1 aromatic heterocycles. The van der Waals surface area contributed by atoms with Gasteiger partial charge in [-0.1, -0.05) is 53.8 Å². The summed E-state index contributed by atoms with van der Waals surface area (Å²) in [4.78, 5) is 19.4. The van der Waals surface area contributed by atoms with Gasteiger partial charge in [-0.05, 0) is 31.5 Å². The molecule has 0 unspecified atom stereocenters. The van der Waals surface area contributed by atoms with Crippen LogP contribution in [0.3, 0.4) is 0 Å². The molecule has 0 fully saturated rings. The first-order chi connectivity index (χ1) is 14.2. The van der Waals surface area contributed by atoms with Crippen LogP contribution in [0.4, 0.5) is 10.8 Å². The number of aromatic nitrogens is 1. The lowest BCUT2D eigenvalue weighted by molar-refractivity contribution is 0.0607. The van der Waals surface area contributed by atoms with Crippen LogP contribution in [0.5, 0.6) is 0 Å². The number of carbonyl (C=O) groups excluding carboxylic acids is 1. The van der Waals surface area contributed by atoms with Crippen molar-refractivity contribution in [2.45, 2.75) is 13.8 Å². The zero-order valence-electron chi connectivity index (χ0n) is 16.8. The molecule has 0 amide bonds. The van der Waals surface area contributed by atoms with Crippen molar-refractivity contribution in [2.75, 3.05) is 30.5 Å². The number of methoxy groups -OCH3 is 1. The number of hydrazone groups is 1. The third-order valence-corrected chi connectivity index (χ3v) is 5.38. The molecule has 6 nitrogen and oxygen atoms in total. The number of anilines is 2. The Morgan fingerprint density at radius 2 is 1.83 bits per heavy atom. The topological polar surface area (TPSA) is 66.8 Å². The lowest BCUT2D eigenvalue weighted by atomic mass is 10.1. The monoisotopic (exact) mass is 408 g/mol. The van der Waals surface area contributed by atoms with Gasteiger partial charge in [-0.2, -0.15) is 5.10 Å². The number of esters is 1. The van der Waals surface area contributed by atoms with Crippen LogP contribution in [0.1, 0.15) is 29.1 Å². The Balaban J connectivity index is 1.75. The van der Waals surface area contributed by atoms with E-state index in [4.69, 9.17) is 4.74 Å². The average molecular weight is 409 g/mol. The van der Waals surface area contributed by atoms with E-state index in [9.17, 15) is 4.79 Å². The first-order valence-corrected chi connectivity index (χ1v) is 10.3. The minimum absolute atomic E-state index is 0.412. The zero-order valence-corrected chi connectivity index (χ0v) is 17.6. The summed E-state index contributed by atoms with van der Waals surface area (Å²) in [7, 11) is 1.37. The highest BCUT2D eigenvalue weighted by Crippen LogP contribution is 2.31. The largest absolute Gasteiger partial charge is 0.465 e. The molecule has 3 rings (SSSR count). The lowest BCUT2D eigenvalue weighted by Crippen LogP contribution is -2.21. The summed E-state index contributed by atoms with van der Waals surface area (Å²) in [5, 5.41) is 4.80. The van der Waals surface area contributed by atoms with Crippen molar-refractivity contribution in [3.63, 3.8) is 0 Å². The highest BCUT2D eigenvalue weighted by atomic mass is 32.1. The minimum atomic E-state index is -0.412. The van der Waals surface area contributed by atoms with E-state index in [0.717, 1.165) is 24.2 Å².